The number of carbonyl (C=O) groups excluding carboxylic acids is 1. The van der Waals surface area contributed by atoms with Gasteiger partial charge in [0.25, 0.3) is 0 Å². The van der Waals surface area contributed by atoms with Crippen molar-refractivity contribution in [3.63, 3.8) is 0 Å². The molecule has 7 heteroatoms. The molecule has 1 N–H and O–H groups in total. The van der Waals surface area contributed by atoms with Crippen LogP contribution in [-0.2, 0) is 4.74 Å². The van der Waals surface area contributed by atoms with Crippen LogP contribution in [-0.4, -0.2) is 27.7 Å². The number of methoxy groups -OCH3 is 1. The largest absolute Gasteiger partial charge is 0.465 e. The lowest BCUT2D eigenvalue weighted by Crippen LogP contribution is -2.29. The molecule has 0 bridgehead atoms. The van der Waals surface area contributed by atoms with E-state index in [0.717, 1.165) is 34.0 Å². The molecule has 3 heterocycles. The Morgan fingerprint density at radius 2 is 1.68 bits per heavy atom. The molecular weight excluding hydrogens is 492 g/mol. The SMILES string of the molecule is COC(=O)c1ccc(-n2c(C)cc([C@H]3[C@H](c4ccccn4)NC(=S)N3c3ccc(C(C)C)cc3)c2C)cc1. The van der Waals surface area contributed by atoms with E-state index in [-0.39, 0.29) is 18.1 Å². The number of pyridine rings is 1. The van der Waals surface area contributed by atoms with Gasteiger partial charge in [0.15, 0.2) is 5.11 Å². The lowest BCUT2D eigenvalue weighted by molar-refractivity contribution is 0.0600. The number of hydrogen-bond donors (Lipinski definition) is 1. The molecule has 2 aromatic heterocycles. The van der Waals surface area contributed by atoms with E-state index >= 15 is 0 Å². The maximum atomic E-state index is 11.9. The van der Waals surface area contributed by atoms with E-state index in [1.54, 1.807) is 12.1 Å². The summed E-state index contributed by atoms with van der Waals surface area (Å²) in [6.07, 6.45) is 1.82. The zero-order chi connectivity index (χ0) is 27.0. The summed E-state index contributed by atoms with van der Waals surface area (Å²) >= 11 is 5.92. The summed E-state index contributed by atoms with van der Waals surface area (Å²) in [5.74, 6) is 0.107. The fourth-order valence-electron chi connectivity index (χ4n) is 5.32. The number of aryl methyl sites for hydroxylation is 1. The fraction of sp³-hybridized carbons (Fsp3) is 0.258. The smallest absolute Gasteiger partial charge is 0.337 e. The molecule has 0 radical (unpaired) electrons. The first-order valence-electron chi connectivity index (χ1n) is 12.8. The van der Waals surface area contributed by atoms with Crippen LogP contribution in [0.1, 0.15) is 70.4 Å². The normalized spacial score (nSPS) is 17.1. The Morgan fingerprint density at radius 3 is 2.29 bits per heavy atom. The van der Waals surface area contributed by atoms with Crippen LogP contribution in [0.2, 0.25) is 0 Å². The molecule has 0 aliphatic carbocycles. The van der Waals surface area contributed by atoms with Gasteiger partial charge >= 0.3 is 5.97 Å². The van der Waals surface area contributed by atoms with Gasteiger partial charge in [-0.15, -0.1) is 0 Å². The van der Waals surface area contributed by atoms with Gasteiger partial charge in [0.05, 0.1) is 30.5 Å². The summed E-state index contributed by atoms with van der Waals surface area (Å²) in [7, 11) is 1.39. The number of esters is 1. The molecule has 0 unspecified atom stereocenters. The molecule has 2 aromatic carbocycles. The minimum atomic E-state index is -0.346. The van der Waals surface area contributed by atoms with Crippen molar-refractivity contribution in [2.45, 2.75) is 45.7 Å². The molecule has 194 valence electrons. The lowest BCUT2D eigenvalue weighted by Gasteiger charge is -2.28. The molecule has 0 saturated carbocycles. The first kappa shape index (κ1) is 25.7. The van der Waals surface area contributed by atoms with Crippen molar-refractivity contribution in [1.82, 2.24) is 14.9 Å². The molecule has 38 heavy (non-hydrogen) atoms. The number of benzene rings is 2. The summed E-state index contributed by atoms with van der Waals surface area (Å²) in [5.41, 5.74) is 8.14. The Morgan fingerprint density at radius 1 is 1.00 bits per heavy atom. The highest BCUT2D eigenvalue weighted by atomic mass is 32.1. The van der Waals surface area contributed by atoms with Crippen LogP contribution < -0.4 is 10.2 Å². The molecule has 1 saturated heterocycles. The third-order valence-corrected chi connectivity index (χ3v) is 7.59. The Labute approximate surface area is 229 Å². The second kappa shape index (κ2) is 10.4. The lowest BCUT2D eigenvalue weighted by atomic mass is 9.96. The van der Waals surface area contributed by atoms with E-state index in [1.165, 1.54) is 12.7 Å². The second-order valence-corrected chi connectivity index (χ2v) is 10.3. The number of thiocarbonyl (C=S) groups is 1. The van der Waals surface area contributed by atoms with Crippen molar-refractivity contribution < 1.29 is 9.53 Å². The van der Waals surface area contributed by atoms with Crippen molar-refractivity contribution in [2.24, 2.45) is 0 Å². The molecule has 1 fully saturated rings. The standard InChI is InChI=1S/C31H32N4O2S/c1-19(2)22-9-13-25(14-10-22)35-29(28(33-31(35)38)27-8-6-7-17-32-27)26-18-20(3)34(21(26)4)24-15-11-23(12-16-24)30(36)37-5/h6-19,28-29H,1-5H3,(H,33,38)/t28-,29-/m0/s1. The van der Waals surface area contributed by atoms with E-state index in [4.69, 9.17) is 17.0 Å². The summed E-state index contributed by atoms with van der Waals surface area (Å²) in [5, 5.41) is 4.24. The van der Waals surface area contributed by atoms with Crippen LogP contribution in [0.15, 0.2) is 79.0 Å². The van der Waals surface area contributed by atoms with Gasteiger partial charge < -0.3 is 19.5 Å². The highest BCUT2D eigenvalue weighted by molar-refractivity contribution is 7.80. The van der Waals surface area contributed by atoms with Gasteiger partial charge in [-0.2, -0.15) is 0 Å². The zero-order valence-corrected chi connectivity index (χ0v) is 23.1. The number of rotatable bonds is 6. The van der Waals surface area contributed by atoms with Gasteiger partial charge in [0.2, 0.25) is 0 Å². The van der Waals surface area contributed by atoms with E-state index in [0.29, 0.717) is 16.6 Å². The minimum Gasteiger partial charge on any atom is -0.465 e. The topological polar surface area (TPSA) is 59.4 Å². The van der Waals surface area contributed by atoms with Crippen LogP contribution in [0.25, 0.3) is 5.69 Å². The number of hydrogen-bond acceptors (Lipinski definition) is 4. The first-order chi connectivity index (χ1) is 18.3. The summed E-state index contributed by atoms with van der Waals surface area (Å²) < 4.78 is 7.08. The van der Waals surface area contributed by atoms with Crippen LogP contribution in [0.3, 0.4) is 0 Å². The Hall–Kier alpha value is -3.97. The number of nitrogens with zero attached hydrogens (tertiary/aromatic N) is 3. The van der Waals surface area contributed by atoms with Crippen molar-refractivity contribution >= 4 is 29.0 Å². The van der Waals surface area contributed by atoms with Crippen molar-refractivity contribution in [1.29, 1.82) is 0 Å². The number of carbonyl (C=O) groups is 1. The Balaban J connectivity index is 1.61. The molecule has 0 amide bonds. The van der Waals surface area contributed by atoms with Gasteiger partial charge in [-0.3, -0.25) is 4.98 Å². The second-order valence-electron chi connectivity index (χ2n) is 9.94. The number of aromatic nitrogens is 2. The first-order valence-corrected chi connectivity index (χ1v) is 13.2. The van der Waals surface area contributed by atoms with Crippen LogP contribution in [0, 0.1) is 13.8 Å². The molecule has 0 spiro atoms. The maximum Gasteiger partial charge on any atom is 0.337 e. The Kier molecular flexibility index (Phi) is 7.04. The average Bonchev–Trinajstić information content (AvgIpc) is 3.43. The van der Waals surface area contributed by atoms with E-state index in [2.05, 4.69) is 77.8 Å². The minimum absolute atomic E-state index is 0.100. The molecule has 1 aliphatic heterocycles. The fourth-order valence-corrected chi connectivity index (χ4v) is 5.66. The zero-order valence-electron chi connectivity index (χ0n) is 22.3. The quantitative estimate of drug-likeness (QED) is 0.227. The molecule has 2 atom stereocenters. The van der Waals surface area contributed by atoms with Crippen LogP contribution >= 0.6 is 12.2 Å². The van der Waals surface area contributed by atoms with Crippen LogP contribution in [0.5, 0.6) is 0 Å². The van der Waals surface area contributed by atoms with Gasteiger partial charge in [0, 0.05) is 29.0 Å². The van der Waals surface area contributed by atoms with Crippen molar-refractivity contribution in [2.75, 3.05) is 12.0 Å². The van der Waals surface area contributed by atoms with Crippen LogP contribution in [0.4, 0.5) is 5.69 Å². The molecular formula is C31H32N4O2S. The highest BCUT2D eigenvalue weighted by Gasteiger charge is 2.42. The molecule has 4 aromatic rings. The van der Waals surface area contributed by atoms with Gasteiger partial charge in [-0.25, -0.2) is 4.79 Å². The molecule has 1 aliphatic rings. The monoisotopic (exact) mass is 524 g/mol. The molecule has 5 rings (SSSR count). The van der Waals surface area contributed by atoms with Gasteiger partial charge in [0.1, 0.15) is 0 Å². The van der Waals surface area contributed by atoms with E-state index < -0.39 is 0 Å². The Bertz CT molecular complexity index is 1460. The predicted octanol–water partition coefficient (Wildman–Crippen LogP) is 6.58. The third kappa shape index (κ3) is 4.58. The van der Waals surface area contributed by atoms with Gasteiger partial charge in [-0.1, -0.05) is 32.0 Å². The third-order valence-electron chi connectivity index (χ3n) is 7.27. The number of nitrogens with one attached hydrogen (secondary N) is 1. The van der Waals surface area contributed by atoms with Crippen molar-refractivity contribution in [3.8, 4) is 5.69 Å². The summed E-state index contributed by atoms with van der Waals surface area (Å²) in [6, 6.07) is 24.2. The van der Waals surface area contributed by atoms with Gasteiger partial charge in [-0.05, 0) is 97.7 Å². The van der Waals surface area contributed by atoms with E-state index in [1.807, 2.05) is 36.5 Å². The predicted molar refractivity (Wildman–Crippen MR) is 155 cm³/mol. The highest BCUT2D eigenvalue weighted by Crippen LogP contribution is 2.44. The number of ether oxygens (including phenoxy) is 1. The summed E-state index contributed by atoms with van der Waals surface area (Å²) in [4.78, 5) is 18.8. The average molecular weight is 525 g/mol. The number of anilines is 1. The summed E-state index contributed by atoms with van der Waals surface area (Å²) in [6.45, 7) is 8.63. The van der Waals surface area contributed by atoms with Crippen molar-refractivity contribution in [3.05, 3.63) is 113 Å². The van der Waals surface area contributed by atoms with E-state index in [9.17, 15) is 4.79 Å². The molecule has 6 nitrogen and oxygen atoms in total. The maximum absolute atomic E-state index is 11.9.